The lowest BCUT2D eigenvalue weighted by molar-refractivity contribution is -0.134. The van der Waals surface area contributed by atoms with Gasteiger partial charge < -0.3 is 10.6 Å². The van der Waals surface area contributed by atoms with Crippen LogP contribution in [0.3, 0.4) is 0 Å². The highest BCUT2D eigenvalue weighted by Crippen LogP contribution is 2.24. The van der Waals surface area contributed by atoms with E-state index in [0.29, 0.717) is 35.9 Å². The highest BCUT2D eigenvalue weighted by Gasteiger charge is 2.48. The summed E-state index contributed by atoms with van der Waals surface area (Å²) in [6, 6.07) is 6.03. The number of imide groups is 1. The van der Waals surface area contributed by atoms with Gasteiger partial charge in [0, 0.05) is 42.8 Å². The second-order valence-electron chi connectivity index (χ2n) is 7.11. The number of aromatic nitrogens is 2. The predicted molar refractivity (Wildman–Crippen MR) is 114 cm³/mol. The van der Waals surface area contributed by atoms with Gasteiger partial charge >= 0.3 is 6.03 Å². The molecule has 3 amide bonds. The van der Waals surface area contributed by atoms with Crippen LogP contribution in [0.25, 0.3) is 0 Å². The van der Waals surface area contributed by atoms with Crippen LogP contribution in [0, 0.1) is 0 Å². The van der Waals surface area contributed by atoms with E-state index in [2.05, 4.69) is 25.6 Å². The summed E-state index contributed by atoms with van der Waals surface area (Å²) in [6.45, 7) is 4.50. The van der Waals surface area contributed by atoms with Crippen molar-refractivity contribution in [2.24, 2.45) is 4.99 Å². The first-order valence-electron chi connectivity index (χ1n) is 10.1. The summed E-state index contributed by atoms with van der Waals surface area (Å²) < 4.78 is 0. The molecule has 2 aliphatic rings. The largest absolute Gasteiger partial charge is 0.363 e. The maximum absolute atomic E-state index is 12.7. The quantitative estimate of drug-likeness (QED) is 0.643. The van der Waals surface area contributed by atoms with Crippen molar-refractivity contribution in [3.63, 3.8) is 0 Å². The Labute approximate surface area is 179 Å². The number of aliphatic imine (C=N–C) groups is 1. The minimum atomic E-state index is -0.609. The van der Waals surface area contributed by atoms with E-state index in [4.69, 9.17) is 0 Å². The minimum Gasteiger partial charge on any atom is -0.363 e. The molecular weight excluding hydrogens is 398 g/mol. The number of carbonyl (C=O) groups is 3. The Balaban J connectivity index is 1.45. The molecule has 2 aromatic heterocycles. The van der Waals surface area contributed by atoms with Crippen LogP contribution in [-0.2, 0) is 4.79 Å². The fraction of sp³-hybridized carbons (Fsp3) is 0.333. The number of pyridine rings is 2. The zero-order valence-electron chi connectivity index (χ0n) is 17.3. The van der Waals surface area contributed by atoms with E-state index in [1.54, 1.807) is 48.5 Å². The summed E-state index contributed by atoms with van der Waals surface area (Å²) in [7, 11) is 0. The first-order chi connectivity index (χ1) is 15.0. The van der Waals surface area contributed by atoms with Gasteiger partial charge in [-0.05, 0) is 38.1 Å². The molecule has 0 saturated carbocycles. The number of rotatable bonds is 7. The normalized spacial score (nSPS) is 20.3. The molecule has 2 aromatic rings. The number of hydrogen-bond donors (Lipinski definition) is 2. The molecule has 0 spiro atoms. The third-order valence-electron chi connectivity index (χ3n) is 5.29. The first-order valence-corrected chi connectivity index (χ1v) is 10.1. The molecule has 2 atom stereocenters. The average Bonchev–Trinajstić information content (AvgIpc) is 3.24. The van der Waals surface area contributed by atoms with Crippen molar-refractivity contribution >= 4 is 29.4 Å². The van der Waals surface area contributed by atoms with Crippen LogP contribution in [0.1, 0.15) is 29.8 Å². The van der Waals surface area contributed by atoms with Crippen molar-refractivity contribution < 1.29 is 14.4 Å². The van der Waals surface area contributed by atoms with Crippen LogP contribution in [0.15, 0.2) is 47.8 Å². The first kappa shape index (κ1) is 20.5. The van der Waals surface area contributed by atoms with Gasteiger partial charge in [0.05, 0.1) is 6.54 Å². The molecule has 0 aromatic carbocycles. The van der Waals surface area contributed by atoms with Gasteiger partial charge in [-0.2, -0.15) is 0 Å². The van der Waals surface area contributed by atoms with Crippen molar-refractivity contribution in [2.75, 3.05) is 25.0 Å². The van der Waals surface area contributed by atoms with Crippen molar-refractivity contribution in [3.05, 3.63) is 54.0 Å². The van der Waals surface area contributed by atoms with E-state index in [9.17, 15) is 14.4 Å². The average molecular weight is 421 g/mol. The second kappa shape index (κ2) is 8.50. The van der Waals surface area contributed by atoms with Crippen molar-refractivity contribution in [2.45, 2.75) is 26.1 Å². The maximum Gasteiger partial charge on any atom is 0.328 e. The van der Waals surface area contributed by atoms with Crippen LogP contribution in [0.2, 0.25) is 0 Å². The number of anilines is 1. The van der Waals surface area contributed by atoms with Gasteiger partial charge in [0.25, 0.3) is 5.91 Å². The number of nitrogens with zero attached hydrogens (tertiary/aromatic N) is 5. The predicted octanol–water partition coefficient (Wildman–Crippen LogP) is 1.12. The third-order valence-corrected chi connectivity index (χ3v) is 5.29. The molecule has 1 saturated heterocycles. The Morgan fingerprint density at radius 2 is 2.00 bits per heavy atom. The molecule has 31 heavy (non-hydrogen) atoms. The summed E-state index contributed by atoms with van der Waals surface area (Å²) >= 11 is 0. The van der Waals surface area contributed by atoms with Gasteiger partial charge in [-0.3, -0.25) is 24.4 Å². The molecule has 4 rings (SSSR count). The zero-order chi connectivity index (χ0) is 22.0. The van der Waals surface area contributed by atoms with E-state index < -0.39 is 12.2 Å². The Morgan fingerprint density at radius 1 is 1.16 bits per heavy atom. The molecule has 10 heteroatoms. The molecule has 4 heterocycles. The highest BCUT2D eigenvalue weighted by atomic mass is 16.2. The monoisotopic (exact) mass is 421 g/mol. The number of fused-ring (bicyclic) bond motifs is 1. The van der Waals surface area contributed by atoms with Gasteiger partial charge in [-0.25, -0.2) is 14.8 Å². The van der Waals surface area contributed by atoms with Crippen LogP contribution < -0.4 is 10.6 Å². The summed E-state index contributed by atoms with van der Waals surface area (Å²) in [6.07, 6.45) is 4.18. The van der Waals surface area contributed by atoms with Crippen molar-refractivity contribution in [1.29, 1.82) is 0 Å². The molecule has 2 N–H and O–H groups in total. The summed E-state index contributed by atoms with van der Waals surface area (Å²) in [5.74, 6) is 0.683. The highest BCUT2D eigenvalue weighted by molar-refractivity contribution is 6.08. The van der Waals surface area contributed by atoms with Gasteiger partial charge in [0.2, 0.25) is 0 Å². The van der Waals surface area contributed by atoms with E-state index in [0.717, 1.165) is 0 Å². The van der Waals surface area contributed by atoms with Gasteiger partial charge in [-0.15, -0.1) is 0 Å². The fourth-order valence-electron chi connectivity index (χ4n) is 3.65. The van der Waals surface area contributed by atoms with Crippen LogP contribution in [0.4, 0.5) is 10.6 Å². The summed E-state index contributed by atoms with van der Waals surface area (Å²) in [5.41, 5.74) is 1.22. The molecule has 1 fully saturated rings. The third kappa shape index (κ3) is 3.83. The number of amides is 3. The van der Waals surface area contributed by atoms with Crippen molar-refractivity contribution in [1.82, 2.24) is 25.1 Å². The molecule has 10 nitrogen and oxygen atoms in total. The number of urea groups is 1. The SMILES string of the molecule is CCN1C(=O)C2NC(c3ccc(NCC(=O)c4cccnc4)nc3)=NC2N(CC)C1=O. The van der Waals surface area contributed by atoms with Crippen LogP contribution in [0.5, 0.6) is 0 Å². The van der Waals surface area contributed by atoms with E-state index in [-0.39, 0.29) is 24.3 Å². The van der Waals surface area contributed by atoms with Crippen LogP contribution in [-0.4, -0.2) is 75.2 Å². The lowest BCUT2D eigenvalue weighted by Crippen LogP contribution is -2.65. The summed E-state index contributed by atoms with van der Waals surface area (Å²) in [4.78, 5) is 53.1. The Morgan fingerprint density at radius 3 is 2.65 bits per heavy atom. The second-order valence-corrected chi connectivity index (χ2v) is 7.11. The minimum absolute atomic E-state index is 0.0896. The number of hydrogen-bond acceptors (Lipinski definition) is 8. The standard InChI is InChI=1S/C21H23N7O3/c1-3-27-19-17(20(30)28(4-2)21(27)31)25-18(26-19)14-7-8-16(23-11-14)24-12-15(29)13-6-5-9-22-10-13/h5-11,17,19H,3-4,12H2,1-2H3,(H,23,24)(H,25,26). The molecule has 0 bridgehead atoms. The lowest BCUT2D eigenvalue weighted by Gasteiger charge is -2.39. The Kier molecular flexibility index (Phi) is 5.61. The molecule has 160 valence electrons. The van der Waals surface area contributed by atoms with E-state index in [1.807, 2.05) is 6.92 Å². The Bertz CT molecular complexity index is 1020. The molecular formula is C21H23N7O3. The fourth-order valence-corrected chi connectivity index (χ4v) is 3.65. The lowest BCUT2D eigenvalue weighted by atomic mass is 10.1. The number of amidine groups is 1. The number of carbonyl (C=O) groups excluding carboxylic acids is 3. The van der Waals surface area contributed by atoms with E-state index in [1.165, 1.54) is 11.1 Å². The summed E-state index contributed by atoms with van der Waals surface area (Å²) in [5, 5.41) is 6.13. The topological polar surface area (TPSA) is 120 Å². The number of Topliss-reactive ketones (excluding diaryl/α,β-unsaturated/α-hetero) is 1. The Hall–Kier alpha value is -3.82. The number of nitrogens with one attached hydrogen (secondary N) is 2. The molecule has 2 aliphatic heterocycles. The van der Waals surface area contributed by atoms with Gasteiger partial charge in [-0.1, -0.05) is 0 Å². The number of likely N-dealkylation sites (N-methyl/N-ethyl adjacent to an activating group) is 2. The smallest absolute Gasteiger partial charge is 0.328 e. The zero-order valence-corrected chi connectivity index (χ0v) is 17.3. The van der Waals surface area contributed by atoms with Gasteiger partial charge in [0.1, 0.15) is 17.7 Å². The molecule has 0 radical (unpaired) electrons. The van der Waals surface area contributed by atoms with E-state index >= 15 is 0 Å². The van der Waals surface area contributed by atoms with Crippen molar-refractivity contribution in [3.8, 4) is 0 Å². The maximum atomic E-state index is 12.7. The molecule has 2 unspecified atom stereocenters. The van der Waals surface area contributed by atoms with Gasteiger partial charge in [0.15, 0.2) is 11.9 Å². The van der Waals surface area contributed by atoms with Crippen LogP contribution >= 0.6 is 0 Å². The molecule has 0 aliphatic carbocycles. The number of ketones is 1.